The predicted molar refractivity (Wildman–Crippen MR) is 85.3 cm³/mol. The average Bonchev–Trinajstić information content (AvgIpc) is 2.53. The number of piperazine rings is 1. The maximum Gasteiger partial charge on any atom is 0.236 e. The summed E-state index contributed by atoms with van der Waals surface area (Å²) in [6, 6.07) is 5.78. The lowest BCUT2D eigenvalue weighted by molar-refractivity contribution is -0.130. The summed E-state index contributed by atoms with van der Waals surface area (Å²) < 4.78 is 5.25. The summed E-state index contributed by atoms with van der Waals surface area (Å²) in [5.41, 5.74) is 1.08. The number of rotatable bonds is 5. The molecule has 0 unspecified atom stereocenters. The zero-order valence-corrected chi connectivity index (χ0v) is 13.3. The van der Waals surface area contributed by atoms with E-state index in [1.54, 1.807) is 7.11 Å². The van der Waals surface area contributed by atoms with Crippen molar-refractivity contribution in [3.05, 3.63) is 23.2 Å². The highest BCUT2D eigenvalue weighted by atomic mass is 35.5. The summed E-state index contributed by atoms with van der Waals surface area (Å²) in [5, 5.41) is 3.69. The van der Waals surface area contributed by atoms with Gasteiger partial charge in [-0.05, 0) is 18.7 Å². The van der Waals surface area contributed by atoms with Crippen molar-refractivity contribution >= 4 is 23.2 Å². The summed E-state index contributed by atoms with van der Waals surface area (Å²) in [6.07, 6.45) is 0. The molecule has 1 amide bonds. The number of nitrogens with one attached hydrogen (secondary N) is 1. The molecule has 1 aliphatic rings. The highest BCUT2D eigenvalue weighted by molar-refractivity contribution is 6.32. The minimum Gasteiger partial charge on any atom is -0.495 e. The molecule has 0 aliphatic carbocycles. The molecule has 21 heavy (non-hydrogen) atoms. The van der Waals surface area contributed by atoms with E-state index < -0.39 is 0 Å². The largest absolute Gasteiger partial charge is 0.495 e. The number of carbonyl (C=O) groups is 1. The predicted octanol–water partition coefficient (Wildman–Crippen LogP) is 1.61. The number of anilines is 1. The third kappa shape index (κ3) is 4.02. The second-order valence-corrected chi connectivity index (χ2v) is 5.37. The Morgan fingerprint density at radius 3 is 2.67 bits per heavy atom. The van der Waals surface area contributed by atoms with Crippen molar-refractivity contribution in [2.24, 2.45) is 0 Å². The number of hydrogen-bond donors (Lipinski definition) is 1. The first-order chi connectivity index (χ1) is 10.2. The molecule has 0 saturated carbocycles. The first-order valence-corrected chi connectivity index (χ1v) is 7.60. The monoisotopic (exact) mass is 311 g/mol. The van der Waals surface area contributed by atoms with Crippen LogP contribution in [0.15, 0.2) is 18.2 Å². The fraction of sp³-hybridized carbons (Fsp3) is 0.533. The maximum absolute atomic E-state index is 12.0. The molecule has 1 heterocycles. The van der Waals surface area contributed by atoms with Gasteiger partial charge in [-0.2, -0.15) is 0 Å². The molecule has 1 aromatic rings. The highest BCUT2D eigenvalue weighted by Gasteiger charge is 2.21. The Morgan fingerprint density at radius 2 is 2.05 bits per heavy atom. The number of benzene rings is 1. The molecule has 5 nitrogen and oxygen atoms in total. The van der Waals surface area contributed by atoms with Crippen molar-refractivity contribution in [2.45, 2.75) is 6.92 Å². The fourth-order valence-corrected chi connectivity index (χ4v) is 2.60. The number of amides is 1. The van der Waals surface area contributed by atoms with Gasteiger partial charge in [-0.15, -0.1) is 0 Å². The van der Waals surface area contributed by atoms with Crippen molar-refractivity contribution in [3.8, 4) is 5.75 Å². The lowest BCUT2D eigenvalue weighted by atomic mass is 10.2. The quantitative estimate of drug-likeness (QED) is 0.897. The van der Waals surface area contributed by atoms with E-state index in [-0.39, 0.29) is 5.91 Å². The first-order valence-electron chi connectivity index (χ1n) is 7.22. The summed E-state index contributed by atoms with van der Waals surface area (Å²) >= 11 is 6.05. The van der Waals surface area contributed by atoms with Crippen molar-refractivity contribution in [2.75, 3.05) is 51.3 Å². The number of likely N-dealkylation sites (N-methyl/N-ethyl adjacent to an activating group) is 1. The van der Waals surface area contributed by atoms with Gasteiger partial charge in [-0.1, -0.05) is 18.5 Å². The molecule has 1 aliphatic heterocycles. The molecule has 1 fully saturated rings. The van der Waals surface area contributed by atoms with Crippen LogP contribution in [0.4, 0.5) is 5.69 Å². The van der Waals surface area contributed by atoms with E-state index in [4.69, 9.17) is 16.3 Å². The normalized spacial score (nSPS) is 15.2. The molecule has 0 bridgehead atoms. The van der Waals surface area contributed by atoms with Gasteiger partial charge < -0.3 is 19.9 Å². The van der Waals surface area contributed by atoms with Crippen LogP contribution in [0.25, 0.3) is 0 Å². The Morgan fingerprint density at radius 1 is 1.33 bits per heavy atom. The number of carbonyl (C=O) groups excluding carboxylic acids is 1. The molecule has 1 N–H and O–H groups in total. The van der Waals surface area contributed by atoms with Gasteiger partial charge in [0.25, 0.3) is 0 Å². The molecule has 1 aromatic carbocycles. The van der Waals surface area contributed by atoms with E-state index >= 15 is 0 Å². The van der Waals surface area contributed by atoms with Crippen LogP contribution in [-0.4, -0.2) is 57.2 Å². The zero-order valence-electron chi connectivity index (χ0n) is 12.6. The third-order valence-electron chi connectivity index (χ3n) is 3.66. The molecule has 2 rings (SSSR count). The molecular formula is C15H22ClN3O2. The number of hydrogen-bond acceptors (Lipinski definition) is 4. The van der Waals surface area contributed by atoms with Crippen LogP contribution in [0.5, 0.6) is 5.75 Å². The van der Waals surface area contributed by atoms with E-state index in [9.17, 15) is 4.79 Å². The topological polar surface area (TPSA) is 44.8 Å². The Kier molecular flexibility index (Phi) is 5.70. The third-order valence-corrected chi connectivity index (χ3v) is 3.97. The minimum absolute atomic E-state index is 0.171. The number of ether oxygens (including phenoxy) is 1. The lowest BCUT2D eigenvalue weighted by Crippen LogP contribution is -2.50. The van der Waals surface area contributed by atoms with E-state index in [1.165, 1.54) is 0 Å². The molecule has 0 atom stereocenters. The van der Waals surface area contributed by atoms with Crippen molar-refractivity contribution in [1.82, 2.24) is 10.2 Å². The molecule has 0 spiro atoms. The second-order valence-electron chi connectivity index (χ2n) is 4.97. The van der Waals surface area contributed by atoms with Gasteiger partial charge in [0.1, 0.15) is 5.75 Å². The standard InChI is InChI=1S/C15H22ClN3O2/c1-3-17-11-15(20)19-8-6-18(7-9-19)12-4-5-13(16)14(10-12)21-2/h4-5,10,17H,3,6-9,11H2,1-2H3. The molecule has 0 radical (unpaired) electrons. The van der Waals surface area contributed by atoms with Crippen LogP contribution in [-0.2, 0) is 4.79 Å². The Hall–Kier alpha value is -1.46. The molecule has 0 aromatic heterocycles. The first kappa shape index (κ1) is 15.9. The minimum atomic E-state index is 0.171. The Balaban J connectivity index is 1.93. The van der Waals surface area contributed by atoms with Crippen LogP contribution >= 0.6 is 11.6 Å². The van der Waals surface area contributed by atoms with E-state index in [2.05, 4.69) is 10.2 Å². The van der Waals surface area contributed by atoms with E-state index in [0.29, 0.717) is 17.3 Å². The molecule has 1 saturated heterocycles. The van der Waals surface area contributed by atoms with Crippen LogP contribution in [0.1, 0.15) is 6.92 Å². The van der Waals surface area contributed by atoms with E-state index in [0.717, 1.165) is 38.4 Å². The van der Waals surface area contributed by atoms with Gasteiger partial charge in [0.05, 0.1) is 18.7 Å². The van der Waals surface area contributed by atoms with Gasteiger partial charge in [0.15, 0.2) is 0 Å². The van der Waals surface area contributed by atoms with Crippen molar-refractivity contribution in [1.29, 1.82) is 0 Å². The van der Waals surface area contributed by atoms with Gasteiger partial charge in [-0.3, -0.25) is 4.79 Å². The van der Waals surface area contributed by atoms with Gasteiger partial charge in [0.2, 0.25) is 5.91 Å². The summed E-state index contributed by atoms with van der Waals surface area (Å²) in [4.78, 5) is 16.1. The van der Waals surface area contributed by atoms with Crippen LogP contribution in [0.2, 0.25) is 5.02 Å². The molecular weight excluding hydrogens is 290 g/mol. The SMILES string of the molecule is CCNCC(=O)N1CCN(c2ccc(Cl)c(OC)c2)CC1. The van der Waals surface area contributed by atoms with Gasteiger partial charge >= 0.3 is 0 Å². The summed E-state index contributed by atoms with van der Waals surface area (Å²) in [5.74, 6) is 0.852. The lowest BCUT2D eigenvalue weighted by Gasteiger charge is -2.36. The summed E-state index contributed by atoms with van der Waals surface area (Å²) in [6.45, 7) is 6.37. The van der Waals surface area contributed by atoms with Crippen molar-refractivity contribution < 1.29 is 9.53 Å². The zero-order chi connectivity index (χ0) is 15.2. The summed E-state index contributed by atoms with van der Waals surface area (Å²) in [7, 11) is 1.61. The van der Waals surface area contributed by atoms with E-state index in [1.807, 2.05) is 30.0 Å². The fourth-order valence-electron chi connectivity index (χ4n) is 2.40. The van der Waals surface area contributed by atoms with Gasteiger partial charge in [0, 0.05) is 37.9 Å². The number of nitrogens with zero attached hydrogens (tertiary/aromatic N) is 2. The van der Waals surface area contributed by atoms with Crippen molar-refractivity contribution in [3.63, 3.8) is 0 Å². The average molecular weight is 312 g/mol. The molecule has 116 valence electrons. The maximum atomic E-state index is 12.0. The number of halogens is 1. The second kappa shape index (κ2) is 7.52. The highest BCUT2D eigenvalue weighted by Crippen LogP contribution is 2.29. The van der Waals surface area contributed by atoms with Gasteiger partial charge in [-0.25, -0.2) is 0 Å². The molecule has 6 heteroatoms. The Bertz CT molecular complexity index is 488. The van der Waals surface area contributed by atoms with Crippen LogP contribution < -0.4 is 15.0 Å². The Labute approximate surface area is 130 Å². The number of methoxy groups -OCH3 is 1. The van der Waals surface area contributed by atoms with Crippen LogP contribution in [0, 0.1) is 0 Å². The smallest absolute Gasteiger partial charge is 0.236 e. The van der Waals surface area contributed by atoms with Crippen LogP contribution in [0.3, 0.4) is 0 Å².